The monoisotopic (exact) mass is 338 g/mol. The van der Waals surface area contributed by atoms with Gasteiger partial charge in [-0.15, -0.1) is 0 Å². The Morgan fingerprint density at radius 1 is 1.52 bits per heavy atom. The van der Waals surface area contributed by atoms with Gasteiger partial charge < -0.3 is 14.8 Å². The lowest BCUT2D eigenvalue weighted by atomic mass is 9.79. The smallest absolute Gasteiger partial charge is 0.223 e. The van der Waals surface area contributed by atoms with Gasteiger partial charge in [-0.2, -0.15) is 11.3 Å². The number of nitrogens with one attached hydrogen (secondary N) is 1. The number of fused-ring (bicyclic) bond motifs is 1. The van der Waals surface area contributed by atoms with Crippen molar-refractivity contribution in [1.82, 2.24) is 10.2 Å². The van der Waals surface area contributed by atoms with Crippen molar-refractivity contribution < 1.29 is 14.3 Å². The van der Waals surface area contributed by atoms with E-state index in [2.05, 4.69) is 27.0 Å². The molecule has 3 atom stereocenters. The van der Waals surface area contributed by atoms with Crippen molar-refractivity contribution in [2.75, 3.05) is 40.0 Å². The van der Waals surface area contributed by atoms with Crippen molar-refractivity contribution in [2.24, 2.45) is 11.8 Å². The van der Waals surface area contributed by atoms with E-state index in [0.29, 0.717) is 25.7 Å². The summed E-state index contributed by atoms with van der Waals surface area (Å²) in [6, 6.07) is 2.18. The predicted octanol–water partition coefficient (Wildman–Crippen LogP) is 1.74. The van der Waals surface area contributed by atoms with E-state index in [1.165, 1.54) is 5.56 Å². The zero-order valence-corrected chi connectivity index (χ0v) is 14.5. The molecule has 2 aliphatic heterocycles. The lowest BCUT2D eigenvalue weighted by Crippen LogP contribution is -2.53. The Labute approximate surface area is 142 Å². The molecule has 0 aliphatic carbocycles. The van der Waals surface area contributed by atoms with E-state index in [9.17, 15) is 4.79 Å². The van der Waals surface area contributed by atoms with Crippen LogP contribution in [-0.2, 0) is 20.8 Å². The summed E-state index contributed by atoms with van der Waals surface area (Å²) in [7, 11) is 1.65. The highest BCUT2D eigenvalue weighted by atomic mass is 32.1. The molecule has 3 rings (SSSR count). The van der Waals surface area contributed by atoms with Gasteiger partial charge in [-0.25, -0.2) is 0 Å². The molecule has 5 nitrogen and oxygen atoms in total. The predicted molar refractivity (Wildman–Crippen MR) is 90.4 cm³/mol. The van der Waals surface area contributed by atoms with E-state index in [0.717, 1.165) is 32.5 Å². The third-order valence-corrected chi connectivity index (χ3v) is 5.61. The van der Waals surface area contributed by atoms with Crippen molar-refractivity contribution in [3.8, 4) is 0 Å². The van der Waals surface area contributed by atoms with Crippen LogP contribution in [0.2, 0.25) is 0 Å². The van der Waals surface area contributed by atoms with Crippen molar-refractivity contribution in [2.45, 2.75) is 25.5 Å². The normalized spacial score (nSPS) is 28.3. The van der Waals surface area contributed by atoms with Gasteiger partial charge in [-0.1, -0.05) is 0 Å². The van der Waals surface area contributed by atoms with Crippen molar-refractivity contribution >= 4 is 17.2 Å². The minimum atomic E-state index is 0.0656. The molecule has 2 fully saturated rings. The highest BCUT2D eigenvalue weighted by Crippen LogP contribution is 2.33. The summed E-state index contributed by atoms with van der Waals surface area (Å²) in [5, 5.41) is 7.34. The number of hydrogen-bond acceptors (Lipinski definition) is 5. The molecular weight excluding hydrogens is 312 g/mol. The highest BCUT2D eigenvalue weighted by Gasteiger charge is 2.41. The molecular formula is C17H26N2O3S. The van der Waals surface area contributed by atoms with Crippen LogP contribution in [-0.4, -0.2) is 56.9 Å². The number of carbonyl (C=O) groups excluding carboxylic acids is 1. The summed E-state index contributed by atoms with van der Waals surface area (Å²) in [6.45, 7) is 4.83. The Balaban J connectivity index is 1.59. The van der Waals surface area contributed by atoms with Crippen molar-refractivity contribution in [3.05, 3.63) is 22.4 Å². The van der Waals surface area contributed by atoms with Gasteiger partial charge in [0.15, 0.2) is 0 Å². The van der Waals surface area contributed by atoms with Crippen LogP contribution in [0, 0.1) is 11.8 Å². The lowest BCUT2D eigenvalue weighted by molar-refractivity contribution is -0.142. The molecule has 2 saturated heterocycles. The Kier molecular flexibility index (Phi) is 6.05. The quantitative estimate of drug-likeness (QED) is 0.803. The Hall–Kier alpha value is -0.950. The van der Waals surface area contributed by atoms with Crippen LogP contribution in [0.15, 0.2) is 16.8 Å². The molecule has 1 N–H and O–H groups in total. The number of amides is 1. The van der Waals surface area contributed by atoms with Crippen molar-refractivity contribution in [3.63, 3.8) is 0 Å². The first-order valence-corrected chi connectivity index (χ1v) is 9.34. The maximum atomic E-state index is 12.5. The van der Waals surface area contributed by atoms with Crippen LogP contribution in [0.3, 0.4) is 0 Å². The second-order valence-electron chi connectivity index (χ2n) is 6.41. The maximum absolute atomic E-state index is 12.5. The number of ether oxygens (including phenoxy) is 2. The summed E-state index contributed by atoms with van der Waals surface area (Å²) in [6.07, 6.45) is 2.09. The van der Waals surface area contributed by atoms with Crippen LogP contribution in [0.25, 0.3) is 0 Å². The van der Waals surface area contributed by atoms with Crippen LogP contribution in [0.5, 0.6) is 0 Å². The number of thiophene rings is 1. The van der Waals surface area contributed by atoms with E-state index >= 15 is 0 Å². The molecule has 1 amide bonds. The van der Waals surface area contributed by atoms with Gasteiger partial charge >= 0.3 is 0 Å². The fourth-order valence-corrected chi connectivity index (χ4v) is 4.36. The summed E-state index contributed by atoms with van der Waals surface area (Å²) < 4.78 is 11.0. The van der Waals surface area contributed by atoms with E-state index < -0.39 is 0 Å². The molecule has 0 spiro atoms. The SMILES string of the molecule is COCCNC(=O)[C@@H]1CCO[C@@H]2CCN(Cc3ccsc3)C[C@H]21. The highest BCUT2D eigenvalue weighted by molar-refractivity contribution is 7.07. The number of piperidine rings is 1. The molecule has 0 radical (unpaired) electrons. The van der Waals surface area contributed by atoms with Gasteiger partial charge in [0.25, 0.3) is 0 Å². The number of hydrogen-bond donors (Lipinski definition) is 1. The molecule has 128 valence electrons. The van der Waals surface area contributed by atoms with Gasteiger partial charge in [-0.05, 0) is 35.2 Å². The molecule has 1 aromatic rings. The van der Waals surface area contributed by atoms with Crippen LogP contribution in [0.1, 0.15) is 18.4 Å². The van der Waals surface area contributed by atoms with Crippen LogP contribution < -0.4 is 5.32 Å². The fourth-order valence-electron chi connectivity index (χ4n) is 3.70. The third kappa shape index (κ3) is 4.32. The average Bonchev–Trinajstić information content (AvgIpc) is 3.07. The van der Waals surface area contributed by atoms with Crippen molar-refractivity contribution in [1.29, 1.82) is 0 Å². The number of nitrogens with zero attached hydrogens (tertiary/aromatic N) is 1. The van der Waals surface area contributed by atoms with Gasteiger partial charge in [-0.3, -0.25) is 9.69 Å². The Bertz CT molecular complexity index is 494. The second-order valence-corrected chi connectivity index (χ2v) is 7.19. The van der Waals surface area contributed by atoms with Crippen LogP contribution in [0.4, 0.5) is 0 Å². The van der Waals surface area contributed by atoms with Gasteiger partial charge in [0.05, 0.1) is 12.7 Å². The molecule has 6 heteroatoms. The molecule has 0 saturated carbocycles. The first-order valence-electron chi connectivity index (χ1n) is 8.39. The summed E-state index contributed by atoms with van der Waals surface area (Å²) in [4.78, 5) is 15.0. The second kappa shape index (κ2) is 8.24. The van der Waals surface area contributed by atoms with E-state index in [1.54, 1.807) is 18.4 Å². The van der Waals surface area contributed by atoms with Gasteiger partial charge in [0.2, 0.25) is 5.91 Å². The first-order chi connectivity index (χ1) is 11.3. The minimum Gasteiger partial charge on any atom is -0.383 e. The standard InChI is InChI=1S/C17H26N2O3S/c1-21-8-5-18-17(20)14-3-7-22-16-2-6-19(11-15(14)16)10-13-4-9-23-12-13/h4,9,12,14-16H,2-3,5-8,10-11H2,1H3,(H,18,20)/t14-,15+,16-/m1/s1. The lowest BCUT2D eigenvalue weighted by Gasteiger charge is -2.44. The molecule has 2 aliphatic rings. The van der Waals surface area contributed by atoms with E-state index in [4.69, 9.17) is 9.47 Å². The zero-order valence-electron chi connectivity index (χ0n) is 13.7. The molecule has 0 bridgehead atoms. The van der Waals surface area contributed by atoms with Crippen LogP contribution >= 0.6 is 11.3 Å². The molecule has 0 unspecified atom stereocenters. The average molecular weight is 338 g/mol. The molecule has 23 heavy (non-hydrogen) atoms. The van der Waals surface area contributed by atoms with E-state index in [1.807, 2.05) is 0 Å². The number of likely N-dealkylation sites (tertiary alicyclic amines) is 1. The Morgan fingerprint density at radius 3 is 3.22 bits per heavy atom. The van der Waals surface area contributed by atoms with Gasteiger partial charge in [0, 0.05) is 51.7 Å². The summed E-state index contributed by atoms with van der Waals surface area (Å²) in [5.41, 5.74) is 1.37. The maximum Gasteiger partial charge on any atom is 0.223 e. The third-order valence-electron chi connectivity index (χ3n) is 4.88. The summed E-state index contributed by atoms with van der Waals surface area (Å²) in [5.74, 6) is 0.535. The first kappa shape index (κ1) is 16.9. The number of methoxy groups -OCH3 is 1. The minimum absolute atomic E-state index is 0.0656. The largest absolute Gasteiger partial charge is 0.383 e. The fraction of sp³-hybridized carbons (Fsp3) is 0.706. The molecule has 3 heterocycles. The molecule has 1 aromatic heterocycles. The van der Waals surface area contributed by atoms with E-state index in [-0.39, 0.29) is 17.9 Å². The topological polar surface area (TPSA) is 50.8 Å². The number of rotatable bonds is 6. The number of carbonyl (C=O) groups is 1. The summed E-state index contributed by atoms with van der Waals surface area (Å²) >= 11 is 1.74. The zero-order chi connectivity index (χ0) is 16.1. The van der Waals surface area contributed by atoms with Gasteiger partial charge in [0.1, 0.15) is 0 Å². The Morgan fingerprint density at radius 2 is 2.43 bits per heavy atom. The molecule has 0 aromatic carbocycles.